The largest absolute Gasteiger partial charge is 0.492 e. The number of benzene rings is 1. The standard InChI is InChI=1S/C18H22N4O2/c1-3-24-16-9-5-4-8-14(16)20-18-19-13(2)12-15(21-18)17(23)22-10-6-7-11-22/h4-5,8-9,12H,3,6-7,10-11H2,1-2H3,(H,19,20,21). The first-order chi connectivity index (χ1) is 11.7. The number of rotatable bonds is 5. The molecule has 1 fully saturated rings. The van der Waals surface area contributed by atoms with Crippen molar-refractivity contribution in [3.05, 3.63) is 41.7 Å². The van der Waals surface area contributed by atoms with E-state index in [-0.39, 0.29) is 5.91 Å². The van der Waals surface area contributed by atoms with Gasteiger partial charge in [0.2, 0.25) is 5.95 Å². The van der Waals surface area contributed by atoms with Crippen LogP contribution in [0.2, 0.25) is 0 Å². The number of hydrogen-bond donors (Lipinski definition) is 1. The molecule has 1 N–H and O–H groups in total. The quantitative estimate of drug-likeness (QED) is 0.914. The summed E-state index contributed by atoms with van der Waals surface area (Å²) < 4.78 is 5.61. The van der Waals surface area contributed by atoms with Gasteiger partial charge in [-0.1, -0.05) is 12.1 Å². The maximum Gasteiger partial charge on any atom is 0.272 e. The van der Waals surface area contributed by atoms with Gasteiger partial charge in [0.15, 0.2) is 0 Å². The molecule has 0 bridgehead atoms. The molecule has 6 heteroatoms. The van der Waals surface area contributed by atoms with E-state index in [2.05, 4.69) is 15.3 Å². The van der Waals surface area contributed by atoms with Crippen molar-refractivity contribution in [2.24, 2.45) is 0 Å². The molecule has 0 unspecified atom stereocenters. The van der Waals surface area contributed by atoms with Crippen LogP contribution in [0.1, 0.15) is 35.9 Å². The van der Waals surface area contributed by atoms with E-state index in [1.165, 1.54) is 0 Å². The number of carbonyl (C=O) groups is 1. The van der Waals surface area contributed by atoms with Crippen LogP contribution in [0.3, 0.4) is 0 Å². The fraction of sp³-hybridized carbons (Fsp3) is 0.389. The van der Waals surface area contributed by atoms with E-state index in [1.54, 1.807) is 6.07 Å². The smallest absolute Gasteiger partial charge is 0.272 e. The van der Waals surface area contributed by atoms with Crippen LogP contribution >= 0.6 is 0 Å². The lowest BCUT2D eigenvalue weighted by molar-refractivity contribution is 0.0787. The third-order valence-electron chi connectivity index (χ3n) is 3.90. The van der Waals surface area contributed by atoms with Crippen molar-refractivity contribution >= 4 is 17.5 Å². The SMILES string of the molecule is CCOc1ccccc1Nc1nc(C)cc(C(=O)N2CCCC2)n1. The van der Waals surface area contributed by atoms with Gasteiger partial charge >= 0.3 is 0 Å². The summed E-state index contributed by atoms with van der Waals surface area (Å²) in [5.74, 6) is 1.11. The van der Waals surface area contributed by atoms with Crippen molar-refractivity contribution in [3.63, 3.8) is 0 Å². The molecule has 2 heterocycles. The van der Waals surface area contributed by atoms with Gasteiger partial charge in [0.25, 0.3) is 5.91 Å². The van der Waals surface area contributed by atoms with Crippen LogP contribution in [0.25, 0.3) is 0 Å². The second kappa shape index (κ2) is 7.29. The predicted octanol–water partition coefficient (Wildman–Crippen LogP) is 3.16. The Morgan fingerprint density at radius 1 is 1.25 bits per heavy atom. The summed E-state index contributed by atoms with van der Waals surface area (Å²) in [6, 6.07) is 9.35. The molecule has 1 amide bonds. The number of aryl methyl sites for hydroxylation is 1. The van der Waals surface area contributed by atoms with Crippen molar-refractivity contribution in [1.29, 1.82) is 0 Å². The number of para-hydroxylation sites is 2. The van der Waals surface area contributed by atoms with Gasteiger partial charge < -0.3 is 15.0 Å². The summed E-state index contributed by atoms with van der Waals surface area (Å²) in [4.78, 5) is 23.2. The molecule has 0 saturated carbocycles. The molecule has 6 nitrogen and oxygen atoms in total. The minimum Gasteiger partial charge on any atom is -0.492 e. The molecule has 0 atom stereocenters. The minimum atomic E-state index is -0.0286. The van der Waals surface area contributed by atoms with E-state index in [1.807, 2.05) is 43.0 Å². The highest BCUT2D eigenvalue weighted by atomic mass is 16.5. The normalized spacial score (nSPS) is 13.8. The highest BCUT2D eigenvalue weighted by Gasteiger charge is 2.21. The number of aromatic nitrogens is 2. The maximum atomic E-state index is 12.6. The molecule has 0 aliphatic carbocycles. The molecule has 2 aromatic rings. The van der Waals surface area contributed by atoms with Gasteiger partial charge in [0, 0.05) is 18.8 Å². The third-order valence-corrected chi connectivity index (χ3v) is 3.90. The molecule has 0 radical (unpaired) electrons. The number of likely N-dealkylation sites (tertiary alicyclic amines) is 1. The molecule has 1 aromatic carbocycles. The fourth-order valence-electron chi connectivity index (χ4n) is 2.79. The molecule has 1 aromatic heterocycles. The number of carbonyl (C=O) groups excluding carboxylic acids is 1. The monoisotopic (exact) mass is 326 g/mol. The predicted molar refractivity (Wildman–Crippen MR) is 92.8 cm³/mol. The molecule has 3 rings (SSSR count). The Morgan fingerprint density at radius 3 is 2.75 bits per heavy atom. The minimum absolute atomic E-state index is 0.0286. The summed E-state index contributed by atoms with van der Waals surface area (Å²) >= 11 is 0. The molecular weight excluding hydrogens is 304 g/mol. The molecular formula is C18H22N4O2. The van der Waals surface area contributed by atoms with Crippen LogP contribution in [0.15, 0.2) is 30.3 Å². The van der Waals surface area contributed by atoms with Crippen LogP contribution in [-0.2, 0) is 0 Å². The van der Waals surface area contributed by atoms with Gasteiger partial charge in [-0.15, -0.1) is 0 Å². The fourth-order valence-corrected chi connectivity index (χ4v) is 2.79. The van der Waals surface area contributed by atoms with Crippen LogP contribution in [0, 0.1) is 6.92 Å². The van der Waals surface area contributed by atoms with Crippen LogP contribution in [0.4, 0.5) is 11.6 Å². The van der Waals surface area contributed by atoms with Gasteiger partial charge in [-0.3, -0.25) is 4.79 Å². The highest BCUT2D eigenvalue weighted by Crippen LogP contribution is 2.26. The van der Waals surface area contributed by atoms with Crippen molar-refractivity contribution in [2.75, 3.05) is 25.0 Å². The number of amides is 1. The first kappa shape index (κ1) is 16.2. The molecule has 24 heavy (non-hydrogen) atoms. The number of anilines is 2. The number of nitrogens with one attached hydrogen (secondary N) is 1. The highest BCUT2D eigenvalue weighted by molar-refractivity contribution is 5.93. The average molecular weight is 326 g/mol. The van der Waals surface area contributed by atoms with Crippen molar-refractivity contribution in [3.8, 4) is 5.75 Å². The summed E-state index contributed by atoms with van der Waals surface area (Å²) in [6.07, 6.45) is 2.12. The lowest BCUT2D eigenvalue weighted by atomic mass is 10.3. The van der Waals surface area contributed by atoms with Crippen LogP contribution in [-0.4, -0.2) is 40.5 Å². The third kappa shape index (κ3) is 3.64. The topological polar surface area (TPSA) is 67.3 Å². The lowest BCUT2D eigenvalue weighted by Crippen LogP contribution is -2.28. The molecule has 0 spiro atoms. The Morgan fingerprint density at radius 2 is 2.00 bits per heavy atom. The molecule has 1 aliphatic heterocycles. The second-order valence-corrected chi connectivity index (χ2v) is 5.77. The van der Waals surface area contributed by atoms with E-state index in [0.717, 1.165) is 43.1 Å². The summed E-state index contributed by atoms with van der Waals surface area (Å²) in [6.45, 7) is 5.98. The zero-order valence-corrected chi connectivity index (χ0v) is 14.1. The van der Waals surface area contributed by atoms with E-state index in [9.17, 15) is 4.79 Å². The number of ether oxygens (including phenoxy) is 1. The Hall–Kier alpha value is -2.63. The maximum absolute atomic E-state index is 12.6. The summed E-state index contributed by atoms with van der Waals surface area (Å²) in [5.41, 5.74) is 1.97. The first-order valence-electron chi connectivity index (χ1n) is 8.31. The summed E-state index contributed by atoms with van der Waals surface area (Å²) in [7, 11) is 0. The van der Waals surface area contributed by atoms with Gasteiger partial charge in [-0.2, -0.15) is 0 Å². The first-order valence-corrected chi connectivity index (χ1v) is 8.31. The van der Waals surface area contributed by atoms with Crippen molar-refractivity contribution < 1.29 is 9.53 Å². The van der Waals surface area contributed by atoms with E-state index < -0.39 is 0 Å². The average Bonchev–Trinajstić information content (AvgIpc) is 3.10. The van der Waals surface area contributed by atoms with Crippen molar-refractivity contribution in [2.45, 2.75) is 26.7 Å². The number of nitrogens with zero attached hydrogens (tertiary/aromatic N) is 3. The van der Waals surface area contributed by atoms with Crippen molar-refractivity contribution in [1.82, 2.24) is 14.9 Å². The Labute approximate surface area is 141 Å². The van der Waals surface area contributed by atoms with E-state index in [4.69, 9.17) is 4.74 Å². The van der Waals surface area contributed by atoms with Gasteiger partial charge in [-0.05, 0) is 44.9 Å². The van der Waals surface area contributed by atoms with Gasteiger partial charge in [-0.25, -0.2) is 9.97 Å². The zero-order valence-electron chi connectivity index (χ0n) is 14.1. The Bertz CT molecular complexity index is 727. The molecule has 1 aliphatic rings. The zero-order chi connectivity index (χ0) is 16.9. The van der Waals surface area contributed by atoms with Gasteiger partial charge in [0.1, 0.15) is 11.4 Å². The molecule has 126 valence electrons. The van der Waals surface area contributed by atoms with Gasteiger partial charge in [0.05, 0.1) is 12.3 Å². The van der Waals surface area contributed by atoms with Crippen LogP contribution < -0.4 is 10.1 Å². The van der Waals surface area contributed by atoms with E-state index in [0.29, 0.717) is 18.2 Å². The Kier molecular flexibility index (Phi) is 4.93. The summed E-state index contributed by atoms with van der Waals surface area (Å²) in [5, 5.41) is 3.17. The van der Waals surface area contributed by atoms with E-state index >= 15 is 0 Å². The number of hydrogen-bond acceptors (Lipinski definition) is 5. The van der Waals surface area contributed by atoms with Crippen LogP contribution in [0.5, 0.6) is 5.75 Å². The molecule has 1 saturated heterocycles. The Balaban J connectivity index is 1.85. The second-order valence-electron chi connectivity index (χ2n) is 5.77. The lowest BCUT2D eigenvalue weighted by Gasteiger charge is -2.16.